The van der Waals surface area contributed by atoms with Crippen molar-refractivity contribution >= 4 is 11.9 Å². The highest BCUT2D eigenvalue weighted by atomic mass is 16.5. The summed E-state index contributed by atoms with van der Waals surface area (Å²) in [5.74, 6) is -0.433. The zero-order chi connectivity index (χ0) is 18.0. The lowest BCUT2D eigenvalue weighted by molar-refractivity contribution is -0.147. The minimum atomic E-state index is -0.228. The van der Waals surface area contributed by atoms with E-state index in [1.54, 1.807) is 0 Å². The maximum Gasteiger partial charge on any atom is 0.302 e. The number of allylic oxidation sites excluding steroid dienone is 2. The van der Waals surface area contributed by atoms with Gasteiger partial charge in [-0.1, -0.05) is 38.3 Å². The monoisotopic (exact) mass is 340 g/mol. The van der Waals surface area contributed by atoms with Gasteiger partial charge in [0.15, 0.2) is 0 Å². The Bertz CT molecular complexity index is 350. The van der Waals surface area contributed by atoms with Crippen molar-refractivity contribution in [2.75, 3.05) is 6.61 Å². The van der Waals surface area contributed by atoms with Gasteiger partial charge in [-0.3, -0.25) is 9.59 Å². The van der Waals surface area contributed by atoms with Crippen LogP contribution in [0.25, 0.3) is 0 Å². The lowest BCUT2D eigenvalue weighted by Gasteiger charge is -2.16. The Hall–Kier alpha value is -1.32. The van der Waals surface area contributed by atoms with Crippen molar-refractivity contribution in [1.29, 1.82) is 0 Å². The standard InChI is InChI=1S/C20H36O4/c1-4-5-6-7-8-9-10-12-15-20(24-19(3)22)16-13-11-14-17-23-18(2)21/h9-10,20H,4-8,11-17H2,1-3H3/b10-9+. The second-order valence-corrected chi connectivity index (χ2v) is 6.32. The fraction of sp³-hybridized carbons (Fsp3) is 0.800. The van der Waals surface area contributed by atoms with E-state index in [1.165, 1.54) is 39.5 Å². The molecule has 4 heteroatoms. The molecule has 0 aromatic rings. The summed E-state index contributed by atoms with van der Waals surface area (Å²) in [6.45, 7) is 5.60. The van der Waals surface area contributed by atoms with Crippen molar-refractivity contribution in [2.45, 2.75) is 97.5 Å². The average molecular weight is 341 g/mol. The van der Waals surface area contributed by atoms with Crippen LogP contribution in [0.15, 0.2) is 12.2 Å². The number of esters is 2. The zero-order valence-corrected chi connectivity index (χ0v) is 15.9. The molecule has 0 N–H and O–H groups in total. The Morgan fingerprint density at radius 1 is 0.833 bits per heavy atom. The van der Waals surface area contributed by atoms with E-state index in [2.05, 4.69) is 19.1 Å². The first-order valence-electron chi connectivity index (χ1n) is 9.51. The number of hydrogen-bond acceptors (Lipinski definition) is 4. The molecule has 0 fully saturated rings. The molecule has 0 rings (SSSR count). The Labute approximate surface area is 148 Å². The molecule has 24 heavy (non-hydrogen) atoms. The molecule has 0 amide bonds. The average Bonchev–Trinajstić information content (AvgIpc) is 2.52. The Kier molecular flexibility index (Phi) is 15.6. The van der Waals surface area contributed by atoms with Crippen LogP contribution in [-0.2, 0) is 19.1 Å². The van der Waals surface area contributed by atoms with Crippen LogP contribution in [0.1, 0.15) is 91.4 Å². The number of hydrogen-bond donors (Lipinski definition) is 0. The van der Waals surface area contributed by atoms with Gasteiger partial charge in [0.25, 0.3) is 0 Å². The van der Waals surface area contributed by atoms with E-state index in [9.17, 15) is 9.59 Å². The fourth-order valence-corrected chi connectivity index (χ4v) is 2.57. The first kappa shape index (κ1) is 22.7. The molecule has 0 aromatic heterocycles. The van der Waals surface area contributed by atoms with Crippen LogP contribution in [-0.4, -0.2) is 24.6 Å². The van der Waals surface area contributed by atoms with Gasteiger partial charge >= 0.3 is 11.9 Å². The smallest absolute Gasteiger partial charge is 0.302 e. The Morgan fingerprint density at radius 2 is 1.54 bits per heavy atom. The van der Waals surface area contributed by atoms with Gasteiger partial charge < -0.3 is 9.47 Å². The van der Waals surface area contributed by atoms with E-state index < -0.39 is 0 Å². The molecule has 0 aliphatic carbocycles. The van der Waals surface area contributed by atoms with Gasteiger partial charge in [-0.25, -0.2) is 0 Å². The van der Waals surface area contributed by atoms with E-state index in [-0.39, 0.29) is 18.0 Å². The summed E-state index contributed by atoms with van der Waals surface area (Å²) >= 11 is 0. The van der Waals surface area contributed by atoms with Gasteiger partial charge in [-0.15, -0.1) is 0 Å². The topological polar surface area (TPSA) is 52.6 Å². The summed E-state index contributed by atoms with van der Waals surface area (Å²) in [6.07, 6.45) is 16.3. The molecule has 0 heterocycles. The van der Waals surface area contributed by atoms with E-state index in [0.29, 0.717) is 6.61 Å². The van der Waals surface area contributed by atoms with Crippen molar-refractivity contribution in [2.24, 2.45) is 0 Å². The Balaban J connectivity index is 3.78. The van der Waals surface area contributed by atoms with Crippen LogP contribution < -0.4 is 0 Å². The molecule has 1 unspecified atom stereocenters. The molecule has 4 nitrogen and oxygen atoms in total. The number of carbonyl (C=O) groups excluding carboxylic acids is 2. The third-order valence-electron chi connectivity index (χ3n) is 3.85. The second kappa shape index (κ2) is 16.5. The van der Waals surface area contributed by atoms with E-state index >= 15 is 0 Å². The van der Waals surface area contributed by atoms with Crippen molar-refractivity contribution in [3.63, 3.8) is 0 Å². The zero-order valence-electron chi connectivity index (χ0n) is 15.9. The van der Waals surface area contributed by atoms with Crippen LogP contribution in [0.3, 0.4) is 0 Å². The van der Waals surface area contributed by atoms with Crippen LogP contribution in [0, 0.1) is 0 Å². The predicted molar refractivity (Wildman–Crippen MR) is 97.8 cm³/mol. The van der Waals surface area contributed by atoms with Gasteiger partial charge in [0.2, 0.25) is 0 Å². The highest BCUT2D eigenvalue weighted by Gasteiger charge is 2.10. The highest BCUT2D eigenvalue weighted by molar-refractivity contribution is 5.66. The van der Waals surface area contributed by atoms with E-state index in [1.807, 2.05) is 0 Å². The number of rotatable bonds is 15. The van der Waals surface area contributed by atoms with Gasteiger partial charge in [0, 0.05) is 13.8 Å². The van der Waals surface area contributed by atoms with Crippen molar-refractivity contribution in [3.05, 3.63) is 12.2 Å². The maximum absolute atomic E-state index is 11.2. The van der Waals surface area contributed by atoms with Crippen molar-refractivity contribution in [3.8, 4) is 0 Å². The normalized spacial score (nSPS) is 12.3. The molecule has 0 saturated carbocycles. The van der Waals surface area contributed by atoms with E-state index in [4.69, 9.17) is 9.47 Å². The van der Waals surface area contributed by atoms with Crippen molar-refractivity contribution < 1.29 is 19.1 Å². The molecule has 140 valence electrons. The molecule has 0 bridgehead atoms. The summed E-state index contributed by atoms with van der Waals surface area (Å²) in [4.78, 5) is 21.9. The molecule has 0 radical (unpaired) electrons. The van der Waals surface area contributed by atoms with Crippen LogP contribution in [0.2, 0.25) is 0 Å². The first-order chi connectivity index (χ1) is 11.6. The molecule has 0 aromatic carbocycles. The van der Waals surface area contributed by atoms with E-state index in [0.717, 1.165) is 44.9 Å². The lowest BCUT2D eigenvalue weighted by atomic mass is 10.1. The largest absolute Gasteiger partial charge is 0.466 e. The quantitative estimate of drug-likeness (QED) is 0.229. The number of unbranched alkanes of at least 4 members (excludes halogenated alkanes) is 6. The summed E-state index contributed by atoms with van der Waals surface area (Å²) in [7, 11) is 0. The summed E-state index contributed by atoms with van der Waals surface area (Å²) in [6, 6.07) is 0. The third kappa shape index (κ3) is 17.0. The molecule has 0 aliphatic rings. The van der Waals surface area contributed by atoms with Gasteiger partial charge in [-0.05, 0) is 51.4 Å². The van der Waals surface area contributed by atoms with Crippen LogP contribution in [0.4, 0.5) is 0 Å². The maximum atomic E-state index is 11.2. The highest BCUT2D eigenvalue weighted by Crippen LogP contribution is 2.14. The van der Waals surface area contributed by atoms with Crippen molar-refractivity contribution in [1.82, 2.24) is 0 Å². The van der Waals surface area contributed by atoms with Crippen LogP contribution >= 0.6 is 0 Å². The number of ether oxygens (including phenoxy) is 2. The minimum absolute atomic E-state index is 0.000895. The Morgan fingerprint density at radius 3 is 2.21 bits per heavy atom. The molecule has 0 saturated heterocycles. The van der Waals surface area contributed by atoms with Gasteiger partial charge in [0.05, 0.1) is 6.61 Å². The number of carbonyl (C=O) groups is 2. The molecule has 1 atom stereocenters. The van der Waals surface area contributed by atoms with Gasteiger partial charge in [0.1, 0.15) is 6.10 Å². The lowest BCUT2D eigenvalue weighted by Crippen LogP contribution is -2.16. The summed E-state index contributed by atoms with van der Waals surface area (Å²) in [5, 5.41) is 0. The fourth-order valence-electron chi connectivity index (χ4n) is 2.57. The predicted octanol–water partition coefficient (Wildman–Crippen LogP) is 5.35. The molecule has 0 spiro atoms. The first-order valence-corrected chi connectivity index (χ1v) is 9.51. The molecule has 0 aliphatic heterocycles. The van der Waals surface area contributed by atoms with Crippen LogP contribution in [0.5, 0.6) is 0 Å². The summed E-state index contributed by atoms with van der Waals surface area (Å²) < 4.78 is 10.3. The minimum Gasteiger partial charge on any atom is -0.466 e. The third-order valence-corrected chi connectivity index (χ3v) is 3.85. The van der Waals surface area contributed by atoms with Gasteiger partial charge in [-0.2, -0.15) is 0 Å². The SMILES string of the molecule is CCCCCC/C=C/CCC(CCCCCOC(C)=O)OC(C)=O. The second-order valence-electron chi connectivity index (χ2n) is 6.32. The molecular formula is C20H36O4. The molecular weight excluding hydrogens is 304 g/mol. The summed E-state index contributed by atoms with van der Waals surface area (Å²) in [5.41, 5.74) is 0.